The highest BCUT2D eigenvalue weighted by Crippen LogP contribution is 2.44. The molecule has 0 fully saturated rings. The van der Waals surface area contributed by atoms with Crippen molar-refractivity contribution >= 4 is 18.0 Å². The number of nitrogens with one attached hydrogen (secondary N) is 2. The molecule has 2 aromatic carbocycles. The highest BCUT2D eigenvalue weighted by Gasteiger charge is 2.31. The van der Waals surface area contributed by atoms with E-state index in [1.54, 1.807) is 0 Å². The van der Waals surface area contributed by atoms with Gasteiger partial charge < -0.3 is 20.5 Å². The smallest absolute Gasteiger partial charge is 0.407 e. The van der Waals surface area contributed by atoms with Gasteiger partial charge in [-0.05, 0) is 34.1 Å². The average Bonchev–Trinajstić information content (AvgIpc) is 3.08. The third-order valence-electron chi connectivity index (χ3n) is 6.09. The Morgan fingerprint density at radius 2 is 1.42 bits per heavy atom. The van der Waals surface area contributed by atoms with Gasteiger partial charge in [0, 0.05) is 12.0 Å². The number of carbonyl (C=O) groups excluding carboxylic acids is 2. The van der Waals surface area contributed by atoms with Crippen molar-refractivity contribution in [2.75, 3.05) is 6.61 Å². The Hall–Kier alpha value is -3.35. The summed E-state index contributed by atoms with van der Waals surface area (Å²) in [5.74, 6) is -1.75. The van der Waals surface area contributed by atoms with Crippen LogP contribution in [0.25, 0.3) is 11.1 Å². The molecule has 33 heavy (non-hydrogen) atoms. The number of carboxylic acids is 1. The van der Waals surface area contributed by atoms with Crippen molar-refractivity contribution < 1.29 is 24.2 Å². The predicted octanol–water partition coefficient (Wildman–Crippen LogP) is 4.17. The predicted molar refractivity (Wildman–Crippen MR) is 126 cm³/mol. The van der Waals surface area contributed by atoms with Gasteiger partial charge in [-0.3, -0.25) is 9.59 Å². The Bertz CT molecular complexity index is 972. The second-order valence-corrected chi connectivity index (χ2v) is 9.15. The maximum absolute atomic E-state index is 12.8. The lowest BCUT2D eigenvalue weighted by atomic mass is 9.98. The SMILES string of the molecule is CC(C)C(NC(=O)OCC1c2ccccc2-c2ccccc21)C(=O)N[C@@H](CC(=O)O)C(C)C. The first-order valence-corrected chi connectivity index (χ1v) is 11.3. The number of amides is 2. The highest BCUT2D eigenvalue weighted by atomic mass is 16.5. The van der Waals surface area contributed by atoms with Crippen molar-refractivity contribution in [2.24, 2.45) is 11.8 Å². The number of carboxylic acid groups (broad SMARTS) is 1. The van der Waals surface area contributed by atoms with E-state index in [1.165, 1.54) is 0 Å². The van der Waals surface area contributed by atoms with Crippen molar-refractivity contribution in [1.82, 2.24) is 10.6 Å². The highest BCUT2D eigenvalue weighted by molar-refractivity contribution is 5.86. The molecule has 7 heteroatoms. The maximum atomic E-state index is 12.8. The topological polar surface area (TPSA) is 105 Å². The van der Waals surface area contributed by atoms with Gasteiger partial charge in [-0.2, -0.15) is 0 Å². The van der Waals surface area contributed by atoms with Crippen LogP contribution in [0.4, 0.5) is 4.79 Å². The van der Waals surface area contributed by atoms with Crippen molar-refractivity contribution in [1.29, 1.82) is 0 Å². The first kappa shape index (κ1) is 24.3. The Morgan fingerprint density at radius 3 is 1.91 bits per heavy atom. The van der Waals surface area contributed by atoms with Crippen LogP contribution in [0.5, 0.6) is 0 Å². The van der Waals surface area contributed by atoms with Crippen LogP contribution in [0.1, 0.15) is 51.2 Å². The summed E-state index contributed by atoms with van der Waals surface area (Å²) < 4.78 is 5.56. The Balaban J connectivity index is 1.65. The molecule has 3 N–H and O–H groups in total. The third-order valence-corrected chi connectivity index (χ3v) is 6.09. The number of benzene rings is 2. The summed E-state index contributed by atoms with van der Waals surface area (Å²) in [7, 11) is 0. The van der Waals surface area contributed by atoms with Gasteiger partial charge in [0.1, 0.15) is 12.6 Å². The molecule has 0 bridgehead atoms. The molecule has 0 aliphatic heterocycles. The molecule has 7 nitrogen and oxygen atoms in total. The van der Waals surface area contributed by atoms with Crippen LogP contribution in [0.3, 0.4) is 0 Å². The van der Waals surface area contributed by atoms with Gasteiger partial charge in [0.25, 0.3) is 0 Å². The zero-order valence-electron chi connectivity index (χ0n) is 19.5. The molecule has 3 rings (SSSR count). The number of carbonyl (C=O) groups is 3. The normalized spacial score (nSPS) is 14.4. The molecule has 0 saturated carbocycles. The van der Waals surface area contributed by atoms with Crippen molar-refractivity contribution in [3.8, 4) is 11.1 Å². The van der Waals surface area contributed by atoms with E-state index in [1.807, 2.05) is 64.1 Å². The molecule has 0 heterocycles. The van der Waals surface area contributed by atoms with E-state index in [0.29, 0.717) is 0 Å². The van der Waals surface area contributed by atoms with Gasteiger partial charge >= 0.3 is 12.1 Å². The van der Waals surface area contributed by atoms with E-state index in [9.17, 15) is 14.4 Å². The summed E-state index contributed by atoms with van der Waals surface area (Å²) in [6.45, 7) is 7.47. The molecule has 2 amide bonds. The molecule has 1 aliphatic carbocycles. The van der Waals surface area contributed by atoms with E-state index in [-0.39, 0.29) is 30.8 Å². The maximum Gasteiger partial charge on any atom is 0.407 e. The summed E-state index contributed by atoms with van der Waals surface area (Å²) in [6, 6.07) is 14.8. The van der Waals surface area contributed by atoms with Crippen LogP contribution in [-0.4, -0.2) is 41.8 Å². The Morgan fingerprint density at radius 1 is 0.879 bits per heavy atom. The first-order valence-electron chi connectivity index (χ1n) is 11.3. The fourth-order valence-corrected chi connectivity index (χ4v) is 4.22. The minimum absolute atomic E-state index is 0.0627. The molecule has 0 radical (unpaired) electrons. The number of aliphatic carboxylic acids is 1. The van der Waals surface area contributed by atoms with Gasteiger partial charge in [-0.15, -0.1) is 0 Å². The molecule has 0 spiro atoms. The van der Waals surface area contributed by atoms with Gasteiger partial charge in [0.2, 0.25) is 5.91 Å². The molecule has 176 valence electrons. The fourth-order valence-electron chi connectivity index (χ4n) is 4.22. The second-order valence-electron chi connectivity index (χ2n) is 9.15. The number of hydrogen-bond acceptors (Lipinski definition) is 4. The van der Waals surface area contributed by atoms with Crippen LogP contribution in [-0.2, 0) is 14.3 Å². The Labute approximate surface area is 194 Å². The molecular formula is C26H32N2O5. The van der Waals surface area contributed by atoms with Crippen LogP contribution < -0.4 is 10.6 Å². The lowest BCUT2D eigenvalue weighted by Crippen LogP contribution is -2.53. The molecule has 1 aliphatic rings. The van der Waals surface area contributed by atoms with E-state index < -0.39 is 30.1 Å². The molecule has 0 aromatic heterocycles. The van der Waals surface area contributed by atoms with Gasteiger partial charge in [0.15, 0.2) is 0 Å². The van der Waals surface area contributed by atoms with Crippen molar-refractivity contribution in [3.05, 3.63) is 59.7 Å². The van der Waals surface area contributed by atoms with Crippen LogP contribution in [0, 0.1) is 11.8 Å². The number of rotatable bonds is 9. The summed E-state index contributed by atoms with van der Waals surface area (Å²) in [4.78, 5) is 36.6. The third kappa shape index (κ3) is 5.72. The molecule has 2 atom stereocenters. The largest absolute Gasteiger partial charge is 0.481 e. The molecule has 0 saturated heterocycles. The van der Waals surface area contributed by atoms with Gasteiger partial charge in [-0.1, -0.05) is 76.2 Å². The van der Waals surface area contributed by atoms with E-state index in [2.05, 4.69) is 22.8 Å². The molecule has 1 unspecified atom stereocenters. The molecular weight excluding hydrogens is 420 g/mol. The summed E-state index contributed by atoms with van der Waals surface area (Å²) in [5, 5.41) is 14.5. The number of fused-ring (bicyclic) bond motifs is 3. The minimum Gasteiger partial charge on any atom is -0.481 e. The zero-order valence-corrected chi connectivity index (χ0v) is 19.5. The van der Waals surface area contributed by atoms with E-state index >= 15 is 0 Å². The monoisotopic (exact) mass is 452 g/mol. The standard InChI is InChI=1S/C26H32N2O5/c1-15(2)22(13-23(29)30)27-25(31)24(16(3)4)28-26(32)33-14-21-19-11-7-5-9-17(19)18-10-6-8-12-20(18)21/h5-12,15-16,21-22,24H,13-14H2,1-4H3,(H,27,31)(H,28,32)(H,29,30)/t22-,24?/m0/s1. The zero-order chi connectivity index (χ0) is 24.1. The number of alkyl carbamates (subject to hydrolysis) is 1. The summed E-state index contributed by atoms with van der Waals surface area (Å²) in [5.41, 5.74) is 4.50. The number of hydrogen-bond donors (Lipinski definition) is 3. The van der Waals surface area contributed by atoms with Gasteiger partial charge in [-0.25, -0.2) is 4.79 Å². The average molecular weight is 453 g/mol. The van der Waals surface area contributed by atoms with Gasteiger partial charge in [0.05, 0.1) is 6.42 Å². The van der Waals surface area contributed by atoms with Crippen LogP contribution >= 0.6 is 0 Å². The Kier molecular flexibility index (Phi) is 7.74. The summed E-state index contributed by atoms with van der Waals surface area (Å²) >= 11 is 0. The minimum atomic E-state index is -0.986. The lowest BCUT2D eigenvalue weighted by Gasteiger charge is -2.26. The number of ether oxygens (including phenoxy) is 1. The lowest BCUT2D eigenvalue weighted by molar-refractivity contribution is -0.138. The quantitative estimate of drug-likeness (QED) is 0.530. The van der Waals surface area contributed by atoms with E-state index in [4.69, 9.17) is 9.84 Å². The van der Waals surface area contributed by atoms with E-state index in [0.717, 1.165) is 22.3 Å². The van der Waals surface area contributed by atoms with Crippen LogP contribution in [0.15, 0.2) is 48.5 Å². The van der Waals surface area contributed by atoms with Crippen molar-refractivity contribution in [3.63, 3.8) is 0 Å². The summed E-state index contributed by atoms with van der Waals surface area (Å²) in [6.07, 6.45) is -0.857. The first-order chi connectivity index (χ1) is 15.7. The second kappa shape index (κ2) is 10.5. The fraction of sp³-hybridized carbons (Fsp3) is 0.423. The molecule has 2 aromatic rings. The van der Waals surface area contributed by atoms with Crippen molar-refractivity contribution in [2.45, 2.75) is 52.1 Å². The van der Waals surface area contributed by atoms with Crippen LogP contribution in [0.2, 0.25) is 0 Å².